The molecule has 1 aromatic carbocycles. The molecule has 0 radical (unpaired) electrons. The quantitative estimate of drug-likeness (QED) is 0.385. The van der Waals surface area contributed by atoms with Crippen LogP contribution in [0.1, 0.15) is 43.7 Å². The zero-order chi connectivity index (χ0) is 14.5. The molecule has 20 heavy (non-hydrogen) atoms. The van der Waals surface area contributed by atoms with Crippen molar-refractivity contribution in [3.8, 4) is 0 Å². The lowest BCUT2D eigenvalue weighted by Gasteiger charge is -2.35. The van der Waals surface area contributed by atoms with Gasteiger partial charge >= 0.3 is 0 Å². The van der Waals surface area contributed by atoms with E-state index in [1.807, 2.05) is 0 Å². The van der Waals surface area contributed by atoms with Gasteiger partial charge in [-0.1, -0.05) is 18.5 Å². The van der Waals surface area contributed by atoms with Gasteiger partial charge in [0.2, 0.25) is 0 Å². The Labute approximate surface area is 119 Å². The fourth-order valence-corrected chi connectivity index (χ4v) is 2.91. The molecule has 1 aromatic rings. The highest BCUT2D eigenvalue weighted by Gasteiger charge is 2.21. The van der Waals surface area contributed by atoms with E-state index in [-0.39, 0.29) is 11.7 Å². The van der Waals surface area contributed by atoms with Crippen molar-refractivity contribution in [2.24, 2.45) is 10.9 Å². The molecule has 0 amide bonds. The predicted molar refractivity (Wildman–Crippen MR) is 77.3 cm³/mol. The third kappa shape index (κ3) is 3.48. The van der Waals surface area contributed by atoms with Gasteiger partial charge in [0, 0.05) is 18.2 Å². The minimum atomic E-state index is -0.353. The van der Waals surface area contributed by atoms with E-state index in [2.05, 4.69) is 17.0 Å². The summed E-state index contributed by atoms with van der Waals surface area (Å²) in [6, 6.07) is 5.17. The predicted octanol–water partition coefficient (Wildman–Crippen LogP) is 2.68. The molecule has 5 heteroatoms. The van der Waals surface area contributed by atoms with Gasteiger partial charge in [0.1, 0.15) is 5.82 Å². The van der Waals surface area contributed by atoms with Gasteiger partial charge in [0.05, 0.1) is 0 Å². The lowest BCUT2D eigenvalue weighted by atomic mass is 9.99. The molecule has 4 nitrogen and oxygen atoms in total. The van der Waals surface area contributed by atoms with Gasteiger partial charge in [0.15, 0.2) is 5.84 Å². The van der Waals surface area contributed by atoms with E-state index < -0.39 is 0 Å². The summed E-state index contributed by atoms with van der Waals surface area (Å²) in [6.45, 7) is 3.95. The minimum Gasteiger partial charge on any atom is -0.409 e. The van der Waals surface area contributed by atoms with E-state index in [1.54, 1.807) is 6.07 Å². The van der Waals surface area contributed by atoms with Gasteiger partial charge in [-0.15, -0.1) is 0 Å². The Morgan fingerprint density at radius 2 is 2.25 bits per heavy atom. The van der Waals surface area contributed by atoms with Crippen molar-refractivity contribution in [2.45, 2.75) is 45.2 Å². The maximum atomic E-state index is 13.6. The molecule has 0 saturated carbocycles. The Bertz CT molecular complexity index is 490. The molecule has 1 atom stereocenters. The van der Waals surface area contributed by atoms with Crippen LogP contribution in [0.4, 0.5) is 4.39 Å². The van der Waals surface area contributed by atoms with Crippen LogP contribution >= 0.6 is 0 Å². The second-order valence-electron chi connectivity index (χ2n) is 5.36. The summed E-state index contributed by atoms with van der Waals surface area (Å²) in [5, 5.41) is 11.6. The average molecular weight is 279 g/mol. The molecular weight excluding hydrogens is 257 g/mol. The molecule has 3 N–H and O–H groups in total. The smallest absolute Gasteiger partial charge is 0.170 e. The van der Waals surface area contributed by atoms with Crippen LogP contribution in [0.2, 0.25) is 0 Å². The molecule has 0 aromatic heterocycles. The highest BCUT2D eigenvalue weighted by atomic mass is 19.1. The van der Waals surface area contributed by atoms with Crippen molar-refractivity contribution in [3.63, 3.8) is 0 Å². The number of benzene rings is 1. The molecule has 1 aliphatic heterocycles. The fourth-order valence-electron chi connectivity index (χ4n) is 2.91. The van der Waals surface area contributed by atoms with Crippen LogP contribution in [0.25, 0.3) is 0 Å². The summed E-state index contributed by atoms with van der Waals surface area (Å²) in [7, 11) is 0. The number of hydrogen-bond acceptors (Lipinski definition) is 3. The average Bonchev–Trinajstić information content (AvgIpc) is 2.46. The van der Waals surface area contributed by atoms with Gasteiger partial charge in [-0.25, -0.2) is 4.39 Å². The van der Waals surface area contributed by atoms with Crippen molar-refractivity contribution in [1.29, 1.82) is 0 Å². The Balaban J connectivity index is 2.18. The van der Waals surface area contributed by atoms with E-state index in [1.165, 1.54) is 31.4 Å². The van der Waals surface area contributed by atoms with Gasteiger partial charge < -0.3 is 10.9 Å². The van der Waals surface area contributed by atoms with Gasteiger partial charge in [-0.2, -0.15) is 0 Å². The van der Waals surface area contributed by atoms with Crippen LogP contribution in [0.15, 0.2) is 23.4 Å². The number of nitrogens with two attached hydrogens (primary N) is 1. The van der Waals surface area contributed by atoms with Crippen LogP contribution in [0, 0.1) is 5.82 Å². The van der Waals surface area contributed by atoms with Crippen LogP contribution in [-0.4, -0.2) is 28.5 Å². The maximum Gasteiger partial charge on any atom is 0.170 e. The Morgan fingerprint density at radius 1 is 1.45 bits per heavy atom. The number of halogens is 1. The van der Waals surface area contributed by atoms with Gasteiger partial charge in [0.25, 0.3) is 0 Å². The van der Waals surface area contributed by atoms with Crippen molar-refractivity contribution in [2.75, 3.05) is 6.54 Å². The second kappa shape index (κ2) is 6.70. The first-order valence-corrected chi connectivity index (χ1v) is 7.15. The molecule has 1 aliphatic rings. The van der Waals surface area contributed by atoms with Crippen LogP contribution < -0.4 is 5.73 Å². The Hall–Kier alpha value is -1.62. The van der Waals surface area contributed by atoms with Gasteiger partial charge in [-0.3, -0.25) is 4.90 Å². The summed E-state index contributed by atoms with van der Waals surface area (Å²) in [5.74, 6) is -0.411. The second-order valence-corrected chi connectivity index (χ2v) is 5.36. The van der Waals surface area contributed by atoms with Crippen molar-refractivity contribution in [3.05, 3.63) is 35.1 Å². The molecule has 1 heterocycles. The number of hydrogen-bond donors (Lipinski definition) is 2. The minimum absolute atomic E-state index is 0.0589. The SMILES string of the molecule is CCC1CCCCN1Cc1cc(F)cc(/C(N)=N/O)c1. The Morgan fingerprint density at radius 3 is 2.95 bits per heavy atom. The molecule has 110 valence electrons. The monoisotopic (exact) mass is 279 g/mol. The fraction of sp³-hybridized carbons (Fsp3) is 0.533. The lowest BCUT2D eigenvalue weighted by molar-refractivity contribution is 0.136. The molecule has 0 aliphatic carbocycles. The highest BCUT2D eigenvalue weighted by Crippen LogP contribution is 2.22. The van der Waals surface area contributed by atoms with E-state index in [4.69, 9.17) is 10.9 Å². The third-order valence-corrected chi connectivity index (χ3v) is 3.97. The molecule has 0 spiro atoms. The molecule has 1 unspecified atom stereocenters. The van der Waals surface area contributed by atoms with E-state index in [0.29, 0.717) is 18.2 Å². The molecule has 1 saturated heterocycles. The first-order valence-electron chi connectivity index (χ1n) is 7.15. The number of rotatable bonds is 4. The Kier molecular flexibility index (Phi) is 4.95. The van der Waals surface area contributed by atoms with Crippen LogP contribution in [0.3, 0.4) is 0 Å². The normalized spacial score (nSPS) is 21.1. The number of nitrogens with zero attached hydrogens (tertiary/aromatic N) is 2. The zero-order valence-electron chi connectivity index (χ0n) is 11.8. The lowest BCUT2D eigenvalue weighted by Crippen LogP contribution is -2.38. The van der Waals surface area contributed by atoms with Crippen molar-refractivity contribution < 1.29 is 9.60 Å². The summed E-state index contributed by atoms with van der Waals surface area (Å²) in [4.78, 5) is 2.40. The highest BCUT2D eigenvalue weighted by molar-refractivity contribution is 5.97. The summed E-state index contributed by atoms with van der Waals surface area (Å²) in [5.41, 5.74) is 6.83. The standard InChI is InChI=1S/C15H22FN3O/c1-2-14-5-3-4-6-19(14)10-11-7-12(15(17)18-20)9-13(16)8-11/h7-9,14,20H,2-6,10H2,1H3,(H2,17,18). The van der Waals surface area contributed by atoms with Crippen molar-refractivity contribution in [1.82, 2.24) is 4.90 Å². The third-order valence-electron chi connectivity index (χ3n) is 3.97. The first-order chi connectivity index (χ1) is 9.63. The number of oxime groups is 1. The first kappa shape index (κ1) is 14.8. The van der Waals surface area contributed by atoms with Crippen molar-refractivity contribution >= 4 is 5.84 Å². The van der Waals surface area contributed by atoms with Gasteiger partial charge in [-0.05, 0) is 49.6 Å². The number of piperidine rings is 1. The van der Waals surface area contributed by atoms with E-state index >= 15 is 0 Å². The largest absolute Gasteiger partial charge is 0.409 e. The molecule has 1 fully saturated rings. The number of likely N-dealkylation sites (tertiary alicyclic amines) is 1. The maximum absolute atomic E-state index is 13.6. The molecule has 2 rings (SSSR count). The number of amidine groups is 1. The van der Waals surface area contributed by atoms with E-state index in [0.717, 1.165) is 18.5 Å². The molecule has 0 bridgehead atoms. The van der Waals surface area contributed by atoms with E-state index in [9.17, 15) is 4.39 Å². The van der Waals surface area contributed by atoms with Crippen LogP contribution in [-0.2, 0) is 6.54 Å². The zero-order valence-corrected chi connectivity index (χ0v) is 11.8. The summed E-state index contributed by atoms with van der Waals surface area (Å²) >= 11 is 0. The summed E-state index contributed by atoms with van der Waals surface area (Å²) in [6.07, 6.45) is 4.79. The van der Waals surface area contributed by atoms with Crippen LogP contribution in [0.5, 0.6) is 0 Å². The molecular formula is C15H22FN3O. The summed E-state index contributed by atoms with van der Waals surface area (Å²) < 4.78 is 13.6. The topological polar surface area (TPSA) is 61.8 Å².